The first-order valence-corrected chi connectivity index (χ1v) is 14.8. The van der Waals surface area contributed by atoms with E-state index in [1.165, 1.54) is 0 Å². The summed E-state index contributed by atoms with van der Waals surface area (Å²) in [5.74, 6) is 0.131. The molecular formula is C31H33ClFN5O3. The molecule has 10 heteroatoms. The summed E-state index contributed by atoms with van der Waals surface area (Å²) in [5.41, 5.74) is 0.879. The number of phenolic OH excluding ortho intramolecular Hbond substituents is 1. The van der Waals surface area contributed by atoms with Crippen LogP contribution in [0.15, 0.2) is 42.5 Å². The van der Waals surface area contributed by atoms with Gasteiger partial charge in [0.25, 0.3) is 0 Å². The fourth-order valence-corrected chi connectivity index (χ4v) is 6.75. The van der Waals surface area contributed by atoms with Crippen LogP contribution in [-0.4, -0.2) is 84.6 Å². The average Bonchev–Trinajstić information content (AvgIpc) is 3.32. The maximum atomic E-state index is 16.6. The summed E-state index contributed by atoms with van der Waals surface area (Å²) in [5, 5.41) is 16.5. The summed E-state index contributed by atoms with van der Waals surface area (Å²) < 4.78 is 28.1. The molecule has 0 radical (unpaired) electrons. The number of halogens is 2. The van der Waals surface area contributed by atoms with Gasteiger partial charge in [-0.3, -0.25) is 4.90 Å². The molecule has 2 atom stereocenters. The third-order valence-corrected chi connectivity index (χ3v) is 8.73. The molecule has 2 bridgehead atoms. The van der Waals surface area contributed by atoms with E-state index in [4.69, 9.17) is 26.1 Å². The second-order valence-electron chi connectivity index (χ2n) is 11.2. The number of fused-ring (bicyclic) bond motifs is 4. The van der Waals surface area contributed by atoms with Crippen LogP contribution in [0.25, 0.3) is 32.8 Å². The van der Waals surface area contributed by atoms with Gasteiger partial charge in [0, 0.05) is 55.8 Å². The minimum absolute atomic E-state index is 0.0400. The molecule has 4 heterocycles. The Labute approximate surface area is 243 Å². The monoisotopic (exact) mass is 577 g/mol. The number of morpholine rings is 1. The van der Waals surface area contributed by atoms with Gasteiger partial charge in [-0.2, -0.15) is 9.97 Å². The number of nitrogens with one attached hydrogen (secondary N) is 1. The van der Waals surface area contributed by atoms with Crippen molar-refractivity contribution in [3.05, 3.63) is 53.3 Å². The number of aromatic hydroxyl groups is 1. The number of hydrogen-bond acceptors (Lipinski definition) is 8. The van der Waals surface area contributed by atoms with Crippen LogP contribution in [0.4, 0.5) is 10.2 Å². The summed E-state index contributed by atoms with van der Waals surface area (Å²) in [7, 11) is 0. The van der Waals surface area contributed by atoms with Crippen molar-refractivity contribution in [2.75, 3.05) is 57.4 Å². The number of benzene rings is 3. The average molecular weight is 578 g/mol. The van der Waals surface area contributed by atoms with Crippen LogP contribution in [0.1, 0.15) is 19.3 Å². The molecule has 2 N–H and O–H groups in total. The Hall–Kier alpha value is -3.24. The first-order chi connectivity index (χ1) is 20.0. The molecule has 0 saturated carbocycles. The van der Waals surface area contributed by atoms with Crippen molar-refractivity contribution in [2.45, 2.75) is 31.3 Å². The molecule has 0 unspecified atom stereocenters. The van der Waals surface area contributed by atoms with Crippen molar-refractivity contribution in [1.29, 1.82) is 0 Å². The summed E-state index contributed by atoms with van der Waals surface area (Å²) in [6, 6.07) is 13.4. The van der Waals surface area contributed by atoms with Gasteiger partial charge >= 0.3 is 6.01 Å². The highest BCUT2D eigenvalue weighted by molar-refractivity contribution is 6.35. The number of aromatic nitrogens is 2. The minimum Gasteiger partial charge on any atom is -0.508 e. The SMILES string of the molecule is Oc1cc(-c2c(Cl)cc3c(N4C[C@H]5CC[C@@H](C4)N5)nc(OCCCN4CCOCC4)nc3c2F)c2ccccc2c1. The van der Waals surface area contributed by atoms with Crippen LogP contribution in [0.3, 0.4) is 0 Å². The van der Waals surface area contributed by atoms with Gasteiger partial charge in [-0.25, -0.2) is 4.39 Å². The van der Waals surface area contributed by atoms with Crippen molar-refractivity contribution < 1.29 is 19.0 Å². The molecule has 3 fully saturated rings. The van der Waals surface area contributed by atoms with E-state index in [9.17, 15) is 5.11 Å². The number of piperazine rings is 1. The summed E-state index contributed by atoms with van der Waals surface area (Å²) in [6.45, 7) is 6.21. The third kappa shape index (κ3) is 5.28. The zero-order chi connectivity index (χ0) is 27.9. The number of nitrogens with zero attached hydrogens (tertiary/aromatic N) is 4. The molecule has 41 heavy (non-hydrogen) atoms. The topological polar surface area (TPSA) is 83.0 Å². The standard InChI is InChI=1S/C31H33ClFN5O3/c32-26-16-25-29(28(33)27(26)24-15-22(39)14-19-4-1-2-5-23(19)24)35-31(41-11-3-8-37-9-12-40-13-10-37)36-30(25)38-17-20-6-7-21(18-38)34-20/h1-2,4-5,14-16,20-21,34,39H,3,6-13,17-18H2/t20-,21+. The van der Waals surface area contributed by atoms with Gasteiger partial charge in [-0.05, 0) is 53.8 Å². The zero-order valence-electron chi connectivity index (χ0n) is 22.8. The van der Waals surface area contributed by atoms with Crippen LogP contribution in [0.2, 0.25) is 5.02 Å². The summed E-state index contributed by atoms with van der Waals surface area (Å²) >= 11 is 6.84. The van der Waals surface area contributed by atoms with E-state index >= 15 is 4.39 Å². The van der Waals surface area contributed by atoms with E-state index in [-0.39, 0.29) is 27.9 Å². The Bertz CT molecular complexity index is 1590. The lowest BCUT2D eigenvalue weighted by Gasteiger charge is -2.34. The van der Waals surface area contributed by atoms with E-state index in [1.807, 2.05) is 24.3 Å². The van der Waals surface area contributed by atoms with Gasteiger partial charge in [0.1, 0.15) is 17.1 Å². The van der Waals surface area contributed by atoms with Crippen molar-refractivity contribution in [2.24, 2.45) is 0 Å². The molecule has 7 rings (SSSR count). The van der Waals surface area contributed by atoms with Gasteiger partial charge in [-0.1, -0.05) is 35.9 Å². The van der Waals surface area contributed by atoms with Crippen LogP contribution >= 0.6 is 11.6 Å². The second-order valence-corrected chi connectivity index (χ2v) is 11.6. The van der Waals surface area contributed by atoms with Gasteiger partial charge in [0.2, 0.25) is 0 Å². The number of anilines is 1. The van der Waals surface area contributed by atoms with E-state index in [1.54, 1.807) is 18.2 Å². The Morgan fingerprint density at radius 2 is 1.83 bits per heavy atom. The lowest BCUT2D eigenvalue weighted by molar-refractivity contribution is 0.0356. The fourth-order valence-electron chi connectivity index (χ4n) is 6.46. The molecule has 214 valence electrons. The van der Waals surface area contributed by atoms with Crippen molar-refractivity contribution >= 4 is 39.1 Å². The Balaban J connectivity index is 1.29. The first-order valence-electron chi connectivity index (χ1n) is 14.4. The number of hydrogen-bond donors (Lipinski definition) is 2. The van der Waals surface area contributed by atoms with E-state index in [0.717, 1.165) is 76.0 Å². The molecule has 0 spiro atoms. The van der Waals surface area contributed by atoms with Crippen LogP contribution in [0.5, 0.6) is 11.8 Å². The first kappa shape index (κ1) is 26.6. The number of rotatable bonds is 7. The molecule has 4 aromatic rings. The minimum atomic E-state index is -0.553. The molecule has 3 aliphatic heterocycles. The van der Waals surface area contributed by atoms with Gasteiger partial charge in [0.05, 0.1) is 24.8 Å². The molecular weight excluding hydrogens is 545 g/mol. The highest BCUT2D eigenvalue weighted by Crippen LogP contribution is 2.42. The highest BCUT2D eigenvalue weighted by Gasteiger charge is 2.34. The zero-order valence-corrected chi connectivity index (χ0v) is 23.5. The predicted molar refractivity (Wildman–Crippen MR) is 159 cm³/mol. The number of ether oxygens (including phenoxy) is 2. The maximum Gasteiger partial charge on any atom is 0.319 e. The van der Waals surface area contributed by atoms with Crippen LogP contribution in [-0.2, 0) is 4.74 Å². The lowest BCUT2D eigenvalue weighted by atomic mass is 9.96. The third-order valence-electron chi connectivity index (χ3n) is 8.43. The van der Waals surface area contributed by atoms with E-state index in [2.05, 4.69) is 20.1 Å². The lowest BCUT2D eigenvalue weighted by Crippen LogP contribution is -2.51. The smallest absolute Gasteiger partial charge is 0.319 e. The van der Waals surface area contributed by atoms with E-state index in [0.29, 0.717) is 35.5 Å². The molecule has 1 aromatic heterocycles. The fraction of sp³-hybridized carbons (Fsp3) is 0.419. The quantitative estimate of drug-likeness (QED) is 0.297. The highest BCUT2D eigenvalue weighted by atomic mass is 35.5. The van der Waals surface area contributed by atoms with E-state index < -0.39 is 5.82 Å². The molecule has 3 aliphatic rings. The molecule has 0 aliphatic carbocycles. The summed E-state index contributed by atoms with van der Waals surface area (Å²) in [4.78, 5) is 14.0. The van der Waals surface area contributed by atoms with Gasteiger partial charge in [0.15, 0.2) is 5.82 Å². The largest absolute Gasteiger partial charge is 0.508 e. The molecule has 3 aromatic carbocycles. The molecule has 0 amide bonds. The van der Waals surface area contributed by atoms with Crippen molar-refractivity contribution in [3.8, 4) is 22.9 Å². The van der Waals surface area contributed by atoms with Gasteiger partial charge in [-0.15, -0.1) is 0 Å². The Morgan fingerprint density at radius 3 is 2.63 bits per heavy atom. The summed E-state index contributed by atoms with van der Waals surface area (Å²) in [6.07, 6.45) is 3.02. The molecule has 8 nitrogen and oxygen atoms in total. The predicted octanol–water partition coefficient (Wildman–Crippen LogP) is 4.99. The van der Waals surface area contributed by atoms with Crippen LogP contribution < -0.4 is 15.0 Å². The second kappa shape index (κ2) is 11.2. The van der Waals surface area contributed by atoms with Crippen molar-refractivity contribution in [1.82, 2.24) is 20.2 Å². The Morgan fingerprint density at radius 1 is 1.05 bits per heavy atom. The van der Waals surface area contributed by atoms with Crippen molar-refractivity contribution in [3.63, 3.8) is 0 Å². The normalized spacial score (nSPS) is 21.2. The Kier molecular flexibility index (Phi) is 7.28. The van der Waals surface area contributed by atoms with Gasteiger partial charge < -0.3 is 24.8 Å². The van der Waals surface area contributed by atoms with Crippen LogP contribution in [0, 0.1) is 5.82 Å². The maximum absolute atomic E-state index is 16.6. The molecule has 3 saturated heterocycles. The number of phenols is 1.